The second-order valence-electron chi connectivity index (χ2n) is 10.0. The van der Waals surface area contributed by atoms with Crippen molar-refractivity contribution >= 4 is 39.1 Å². The summed E-state index contributed by atoms with van der Waals surface area (Å²) in [5.41, 5.74) is 1.77. The predicted octanol–water partition coefficient (Wildman–Crippen LogP) is 5.19. The number of nitrogens with zero attached hydrogens (tertiary/aromatic N) is 2. The molecule has 9 nitrogen and oxygen atoms in total. The molecule has 1 N–H and O–H groups in total. The van der Waals surface area contributed by atoms with Gasteiger partial charge in [-0.2, -0.15) is 0 Å². The largest absolute Gasteiger partial charge is 0.497 e. The fraction of sp³-hybridized carbons (Fsp3) is 0.355. The molecule has 42 heavy (non-hydrogen) atoms. The lowest BCUT2D eigenvalue weighted by Crippen LogP contribution is -2.52. The number of carbonyl (C=O) groups is 2. The number of methoxy groups -OCH3 is 2. The summed E-state index contributed by atoms with van der Waals surface area (Å²) in [5, 5.41) is 3.10. The van der Waals surface area contributed by atoms with E-state index in [0.717, 1.165) is 9.87 Å². The maximum absolute atomic E-state index is 14.1. The number of halogens is 1. The van der Waals surface area contributed by atoms with Crippen molar-refractivity contribution in [1.29, 1.82) is 0 Å². The van der Waals surface area contributed by atoms with Crippen LogP contribution in [-0.2, 0) is 26.2 Å². The third kappa shape index (κ3) is 7.95. The van der Waals surface area contributed by atoms with Crippen LogP contribution >= 0.6 is 11.6 Å². The van der Waals surface area contributed by atoms with E-state index in [4.69, 9.17) is 21.1 Å². The highest BCUT2D eigenvalue weighted by Crippen LogP contribution is 2.32. The van der Waals surface area contributed by atoms with E-state index in [1.165, 1.54) is 49.5 Å². The van der Waals surface area contributed by atoms with Gasteiger partial charge in [0.05, 0.1) is 29.8 Å². The van der Waals surface area contributed by atoms with Gasteiger partial charge in [0.2, 0.25) is 11.8 Å². The summed E-state index contributed by atoms with van der Waals surface area (Å²) < 4.78 is 39.5. The Kier molecular flexibility index (Phi) is 11.2. The monoisotopic (exact) mass is 615 g/mol. The molecule has 0 fully saturated rings. The van der Waals surface area contributed by atoms with Crippen molar-refractivity contribution in [2.24, 2.45) is 0 Å². The Labute approximate surface area is 253 Å². The summed E-state index contributed by atoms with van der Waals surface area (Å²) in [6.45, 7) is 6.77. The quantitative estimate of drug-likeness (QED) is 0.284. The molecule has 0 saturated carbocycles. The molecule has 0 saturated heterocycles. The van der Waals surface area contributed by atoms with E-state index < -0.39 is 28.5 Å². The molecule has 0 aliphatic carbocycles. The van der Waals surface area contributed by atoms with Gasteiger partial charge in [-0.1, -0.05) is 48.4 Å². The second kappa shape index (κ2) is 14.4. The Morgan fingerprint density at radius 1 is 0.976 bits per heavy atom. The molecule has 11 heteroatoms. The lowest BCUT2D eigenvalue weighted by Gasteiger charge is -2.32. The first kappa shape index (κ1) is 32.8. The van der Waals surface area contributed by atoms with E-state index in [1.807, 2.05) is 26.8 Å². The molecule has 0 aromatic heterocycles. The smallest absolute Gasteiger partial charge is 0.264 e. The van der Waals surface area contributed by atoms with Crippen LogP contribution in [-0.4, -0.2) is 58.0 Å². The van der Waals surface area contributed by atoms with Gasteiger partial charge in [-0.05, 0) is 75.2 Å². The highest BCUT2D eigenvalue weighted by molar-refractivity contribution is 7.92. The Morgan fingerprint density at radius 2 is 1.67 bits per heavy atom. The normalized spacial score (nSPS) is 12.6. The van der Waals surface area contributed by atoms with E-state index in [1.54, 1.807) is 37.3 Å². The molecule has 0 heterocycles. The van der Waals surface area contributed by atoms with Gasteiger partial charge in [0.1, 0.15) is 24.1 Å². The Balaban J connectivity index is 2.07. The molecule has 0 aliphatic heterocycles. The summed E-state index contributed by atoms with van der Waals surface area (Å²) in [6.07, 6.45) is 0.711. The molecule has 0 radical (unpaired) electrons. The minimum Gasteiger partial charge on any atom is -0.497 e. The molecule has 3 aromatic rings. The van der Waals surface area contributed by atoms with Gasteiger partial charge in [0, 0.05) is 12.6 Å². The van der Waals surface area contributed by atoms with Crippen molar-refractivity contribution in [2.45, 2.75) is 57.6 Å². The van der Waals surface area contributed by atoms with Gasteiger partial charge in [-0.3, -0.25) is 13.9 Å². The number of hydrogen-bond donors (Lipinski definition) is 1. The van der Waals surface area contributed by atoms with Crippen LogP contribution in [0.25, 0.3) is 0 Å². The van der Waals surface area contributed by atoms with Crippen LogP contribution in [0, 0.1) is 6.92 Å². The van der Waals surface area contributed by atoms with Crippen LogP contribution in [0.1, 0.15) is 38.3 Å². The van der Waals surface area contributed by atoms with Crippen molar-refractivity contribution in [2.75, 3.05) is 25.1 Å². The maximum Gasteiger partial charge on any atom is 0.264 e. The number of aryl methyl sites for hydroxylation is 1. The van der Waals surface area contributed by atoms with Crippen LogP contribution in [0.15, 0.2) is 71.6 Å². The summed E-state index contributed by atoms with van der Waals surface area (Å²) >= 11 is 6.37. The molecular formula is C31H38ClN3O6S. The predicted molar refractivity (Wildman–Crippen MR) is 165 cm³/mol. The topological polar surface area (TPSA) is 105 Å². The summed E-state index contributed by atoms with van der Waals surface area (Å²) in [6, 6.07) is 17.0. The van der Waals surface area contributed by atoms with Crippen LogP contribution in [0.4, 0.5) is 5.69 Å². The van der Waals surface area contributed by atoms with Gasteiger partial charge < -0.3 is 19.7 Å². The molecule has 2 atom stereocenters. The number of ether oxygens (including phenoxy) is 2. The van der Waals surface area contributed by atoms with Crippen LogP contribution in [0.5, 0.6) is 11.5 Å². The van der Waals surface area contributed by atoms with E-state index in [-0.39, 0.29) is 34.1 Å². The standard InChI is InChI=1S/C31H38ClN3O6S/c1-7-22(3)33-31(37)23(4)34(19-24-9-8-10-26(17-24)40-5)30(36)20-35(25-13-16-29(41-6)28(32)18-25)42(38,39)27-14-11-21(2)12-15-27/h8-18,22-23H,7,19-20H2,1-6H3,(H,33,37)/t22-,23+/m1/s1. The van der Waals surface area contributed by atoms with Crippen molar-refractivity contribution in [3.05, 3.63) is 82.9 Å². The van der Waals surface area contributed by atoms with Crippen LogP contribution in [0.3, 0.4) is 0 Å². The third-order valence-corrected chi connectivity index (χ3v) is 9.05. The van der Waals surface area contributed by atoms with Crippen molar-refractivity contribution in [3.8, 4) is 11.5 Å². The number of nitrogens with one attached hydrogen (secondary N) is 1. The van der Waals surface area contributed by atoms with E-state index in [9.17, 15) is 18.0 Å². The average Bonchev–Trinajstić information content (AvgIpc) is 2.98. The number of benzene rings is 3. The maximum atomic E-state index is 14.1. The minimum absolute atomic E-state index is 0.00903. The van der Waals surface area contributed by atoms with Crippen molar-refractivity contribution in [1.82, 2.24) is 10.2 Å². The Bertz CT molecular complexity index is 1500. The van der Waals surface area contributed by atoms with Crippen molar-refractivity contribution < 1.29 is 27.5 Å². The first-order chi connectivity index (χ1) is 19.9. The fourth-order valence-electron chi connectivity index (χ4n) is 4.19. The lowest BCUT2D eigenvalue weighted by molar-refractivity contribution is -0.139. The molecule has 2 amide bonds. The Morgan fingerprint density at radius 3 is 2.26 bits per heavy atom. The molecule has 3 rings (SSSR count). The molecule has 0 unspecified atom stereocenters. The highest BCUT2D eigenvalue weighted by Gasteiger charge is 2.33. The van der Waals surface area contributed by atoms with E-state index in [0.29, 0.717) is 23.5 Å². The Hall–Kier alpha value is -3.76. The molecule has 0 bridgehead atoms. The zero-order chi connectivity index (χ0) is 31.0. The van der Waals surface area contributed by atoms with Crippen molar-refractivity contribution in [3.63, 3.8) is 0 Å². The van der Waals surface area contributed by atoms with Gasteiger partial charge >= 0.3 is 0 Å². The van der Waals surface area contributed by atoms with Gasteiger partial charge in [0.25, 0.3) is 10.0 Å². The van der Waals surface area contributed by atoms with Gasteiger partial charge in [0.15, 0.2) is 0 Å². The SMILES string of the molecule is CC[C@@H](C)NC(=O)[C@H](C)N(Cc1cccc(OC)c1)C(=O)CN(c1ccc(OC)c(Cl)c1)S(=O)(=O)c1ccc(C)cc1. The summed E-state index contributed by atoms with van der Waals surface area (Å²) in [7, 11) is -1.23. The highest BCUT2D eigenvalue weighted by atomic mass is 35.5. The first-order valence-electron chi connectivity index (χ1n) is 13.6. The summed E-state index contributed by atoms with van der Waals surface area (Å²) in [5.74, 6) is 0.0238. The van der Waals surface area contributed by atoms with Crippen LogP contribution in [0.2, 0.25) is 5.02 Å². The van der Waals surface area contributed by atoms with Crippen LogP contribution < -0.4 is 19.1 Å². The second-order valence-corrected chi connectivity index (χ2v) is 12.3. The molecule has 0 spiro atoms. The average molecular weight is 616 g/mol. The molecule has 3 aromatic carbocycles. The number of hydrogen-bond acceptors (Lipinski definition) is 6. The number of carbonyl (C=O) groups excluding carboxylic acids is 2. The van der Waals surface area contributed by atoms with E-state index >= 15 is 0 Å². The fourth-order valence-corrected chi connectivity index (χ4v) is 5.85. The molecule has 0 aliphatic rings. The number of amides is 2. The number of anilines is 1. The molecule has 226 valence electrons. The number of rotatable bonds is 13. The van der Waals surface area contributed by atoms with Gasteiger partial charge in [-0.15, -0.1) is 0 Å². The third-order valence-electron chi connectivity index (χ3n) is 6.97. The van der Waals surface area contributed by atoms with Gasteiger partial charge in [-0.25, -0.2) is 8.42 Å². The zero-order valence-electron chi connectivity index (χ0n) is 24.8. The van der Waals surface area contributed by atoms with E-state index in [2.05, 4.69) is 5.32 Å². The summed E-state index contributed by atoms with van der Waals surface area (Å²) in [4.78, 5) is 28.7. The number of sulfonamides is 1. The zero-order valence-corrected chi connectivity index (χ0v) is 26.3. The minimum atomic E-state index is -4.22. The lowest BCUT2D eigenvalue weighted by atomic mass is 10.1. The molecular weight excluding hydrogens is 578 g/mol. The first-order valence-corrected chi connectivity index (χ1v) is 15.4.